The lowest BCUT2D eigenvalue weighted by Crippen LogP contribution is -2.31. The quantitative estimate of drug-likeness (QED) is 0.469. The van der Waals surface area contributed by atoms with E-state index >= 15 is 0 Å². The highest BCUT2D eigenvalue weighted by Gasteiger charge is 2.42. The van der Waals surface area contributed by atoms with Crippen LogP contribution in [0.5, 0.6) is 0 Å². The Morgan fingerprint density at radius 1 is 1.14 bits per heavy atom. The van der Waals surface area contributed by atoms with Gasteiger partial charge in [-0.25, -0.2) is 14.2 Å². The zero-order valence-electron chi connectivity index (χ0n) is 19.3. The predicted octanol–water partition coefficient (Wildman–Crippen LogP) is 5.01. The number of nitrogens with one attached hydrogen (secondary N) is 2. The normalized spacial score (nSPS) is 17.5. The van der Waals surface area contributed by atoms with Crippen molar-refractivity contribution in [3.8, 4) is 11.3 Å². The van der Waals surface area contributed by atoms with Crippen LogP contribution in [-0.4, -0.2) is 34.1 Å². The van der Waals surface area contributed by atoms with Gasteiger partial charge in [-0.3, -0.25) is 19.9 Å². The highest BCUT2D eigenvalue weighted by Crippen LogP contribution is 2.38. The molecule has 2 aromatic heterocycles. The number of ketones is 2. The van der Waals surface area contributed by atoms with Gasteiger partial charge < -0.3 is 5.32 Å². The largest absolute Gasteiger partial charge is 0.338 e. The van der Waals surface area contributed by atoms with Gasteiger partial charge >= 0.3 is 6.03 Å². The number of urea groups is 1. The second kappa shape index (κ2) is 10.3. The Morgan fingerprint density at radius 3 is 2.54 bits per heavy atom. The van der Waals surface area contributed by atoms with Crippen molar-refractivity contribution in [3.05, 3.63) is 76.3 Å². The minimum absolute atomic E-state index is 0.126. The van der Waals surface area contributed by atoms with Gasteiger partial charge in [0.2, 0.25) is 0 Å². The minimum Gasteiger partial charge on any atom is -0.338 e. The van der Waals surface area contributed by atoms with E-state index in [-0.39, 0.29) is 35.2 Å². The molecule has 1 aliphatic carbocycles. The molecule has 0 saturated heterocycles. The average Bonchev–Trinajstić information content (AvgIpc) is 3.07. The fourth-order valence-corrected chi connectivity index (χ4v) is 4.70. The molecular formula is C26H24ClFN4O3. The maximum absolute atomic E-state index is 14.4. The Balaban J connectivity index is 1.44. The van der Waals surface area contributed by atoms with E-state index in [0.29, 0.717) is 23.4 Å². The summed E-state index contributed by atoms with van der Waals surface area (Å²) in [4.78, 5) is 46.2. The number of pyridine rings is 2. The molecule has 1 saturated carbocycles. The van der Waals surface area contributed by atoms with Crippen molar-refractivity contribution in [2.24, 2.45) is 5.92 Å². The summed E-state index contributed by atoms with van der Waals surface area (Å²) in [7, 11) is 0. The van der Waals surface area contributed by atoms with E-state index in [9.17, 15) is 18.8 Å². The summed E-state index contributed by atoms with van der Waals surface area (Å²) in [6.45, 7) is 3.85. The highest BCUT2D eigenvalue weighted by atomic mass is 35.5. The number of hydrogen-bond donors (Lipinski definition) is 2. The number of carbonyl (C=O) groups is 3. The lowest BCUT2D eigenvalue weighted by Gasteiger charge is -2.17. The van der Waals surface area contributed by atoms with E-state index in [1.165, 1.54) is 12.3 Å². The summed E-state index contributed by atoms with van der Waals surface area (Å²) in [6, 6.07) is 9.40. The molecule has 1 aromatic carbocycles. The molecule has 0 radical (unpaired) electrons. The standard InChI is InChI=1S/C26H24ClFN4O3/c1-14-9-17(24-19(28)12-18(27)13-31-24)10-15(2)22(14)23-20(33)11-16(25(23)34)6-8-30-26(35)32-21-5-3-4-7-29-21/h3-5,7,9-10,12-13,16,23H,6,8,11H2,1-2H3,(H2,29,30,32,35). The maximum Gasteiger partial charge on any atom is 0.320 e. The van der Waals surface area contributed by atoms with Crippen molar-refractivity contribution >= 4 is 35.0 Å². The van der Waals surface area contributed by atoms with Gasteiger partial charge in [-0.2, -0.15) is 0 Å². The van der Waals surface area contributed by atoms with Crippen molar-refractivity contribution in [2.45, 2.75) is 32.6 Å². The zero-order valence-corrected chi connectivity index (χ0v) is 20.0. The number of benzene rings is 1. The molecule has 2 heterocycles. The number of nitrogens with zero attached hydrogens (tertiary/aromatic N) is 2. The first-order valence-corrected chi connectivity index (χ1v) is 11.6. The molecule has 0 aliphatic heterocycles. The van der Waals surface area contributed by atoms with Crippen LogP contribution in [0.1, 0.15) is 35.4 Å². The molecule has 9 heteroatoms. The van der Waals surface area contributed by atoms with Crippen LogP contribution in [0.3, 0.4) is 0 Å². The SMILES string of the molecule is Cc1cc(-c2ncc(Cl)cc2F)cc(C)c1C1C(=O)CC(CCNC(=O)Nc2ccccn2)C1=O. The maximum atomic E-state index is 14.4. The lowest BCUT2D eigenvalue weighted by atomic mass is 9.85. The number of Topliss-reactive ketones (excluding diaryl/α,β-unsaturated/α-hetero) is 2. The van der Waals surface area contributed by atoms with Crippen molar-refractivity contribution in [1.82, 2.24) is 15.3 Å². The first kappa shape index (κ1) is 24.5. The molecule has 1 fully saturated rings. The number of amides is 2. The minimum atomic E-state index is -0.862. The Hall–Kier alpha value is -3.65. The molecule has 2 N–H and O–H groups in total. The topological polar surface area (TPSA) is 101 Å². The first-order chi connectivity index (χ1) is 16.7. The van der Waals surface area contributed by atoms with Crippen LogP contribution in [0.4, 0.5) is 15.0 Å². The number of hydrogen-bond acceptors (Lipinski definition) is 5. The third-order valence-corrected chi connectivity index (χ3v) is 6.31. The summed E-state index contributed by atoms with van der Waals surface area (Å²) in [5, 5.41) is 5.51. The molecule has 1 aliphatic rings. The fourth-order valence-electron chi connectivity index (χ4n) is 4.55. The molecule has 2 unspecified atom stereocenters. The predicted molar refractivity (Wildman–Crippen MR) is 131 cm³/mol. The number of aryl methyl sites for hydroxylation is 2. The van der Waals surface area contributed by atoms with Gasteiger partial charge in [-0.1, -0.05) is 17.7 Å². The Bertz CT molecular complexity index is 1280. The van der Waals surface area contributed by atoms with Gasteiger partial charge in [0, 0.05) is 36.8 Å². The Morgan fingerprint density at radius 2 is 1.89 bits per heavy atom. The van der Waals surface area contributed by atoms with E-state index in [1.807, 2.05) is 0 Å². The van der Waals surface area contributed by atoms with Gasteiger partial charge in [-0.05, 0) is 67.3 Å². The van der Waals surface area contributed by atoms with Crippen LogP contribution in [-0.2, 0) is 9.59 Å². The third-order valence-electron chi connectivity index (χ3n) is 6.10. The van der Waals surface area contributed by atoms with Crippen molar-refractivity contribution in [1.29, 1.82) is 0 Å². The molecular weight excluding hydrogens is 471 g/mol. The zero-order chi connectivity index (χ0) is 25.1. The van der Waals surface area contributed by atoms with E-state index in [0.717, 1.165) is 11.1 Å². The van der Waals surface area contributed by atoms with Crippen molar-refractivity contribution < 1.29 is 18.8 Å². The summed E-state index contributed by atoms with van der Waals surface area (Å²) in [6.07, 6.45) is 3.42. The van der Waals surface area contributed by atoms with Crippen LogP contribution < -0.4 is 10.6 Å². The van der Waals surface area contributed by atoms with Gasteiger partial charge in [0.25, 0.3) is 0 Å². The summed E-state index contributed by atoms with van der Waals surface area (Å²) in [5.41, 5.74) is 2.80. The van der Waals surface area contributed by atoms with E-state index < -0.39 is 23.7 Å². The van der Waals surface area contributed by atoms with Crippen LogP contribution in [0.15, 0.2) is 48.8 Å². The van der Waals surface area contributed by atoms with Crippen LogP contribution in [0.25, 0.3) is 11.3 Å². The second-order valence-electron chi connectivity index (χ2n) is 8.59. The van der Waals surface area contributed by atoms with Crippen LogP contribution in [0, 0.1) is 25.6 Å². The van der Waals surface area contributed by atoms with Gasteiger partial charge in [0.15, 0.2) is 11.6 Å². The molecule has 2 atom stereocenters. The van der Waals surface area contributed by atoms with Crippen molar-refractivity contribution in [2.75, 3.05) is 11.9 Å². The molecule has 0 bridgehead atoms. The van der Waals surface area contributed by atoms with Crippen molar-refractivity contribution in [3.63, 3.8) is 0 Å². The second-order valence-corrected chi connectivity index (χ2v) is 9.03. The fraction of sp³-hybridized carbons (Fsp3) is 0.269. The number of rotatable bonds is 6. The average molecular weight is 495 g/mol. The Kier molecular flexibility index (Phi) is 7.21. The molecule has 4 rings (SSSR count). The van der Waals surface area contributed by atoms with Crippen LogP contribution in [0.2, 0.25) is 5.02 Å². The molecule has 35 heavy (non-hydrogen) atoms. The van der Waals surface area contributed by atoms with E-state index in [4.69, 9.17) is 11.6 Å². The summed E-state index contributed by atoms with van der Waals surface area (Å²) in [5.74, 6) is -1.77. The first-order valence-electron chi connectivity index (χ1n) is 11.2. The molecule has 3 aromatic rings. The number of carbonyl (C=O) groups excluding carboxylic acids is 3. The smallest absolute Gasteiger partial charge is 0.320 e. The third kappa shape index (κ3) is 5.38. The van der Waals surface area contributed by atoms with Crippen LogP contribution >= 0.6 is 11.6 Å². The van der Waals surface area contributed by atoms with E-state index in [1.54, 1.807) is 50.4 Å². The number of halogens is 2. The summed E-state index contributed by atoms with van der Waals surface area (Å²) >= 11 is 5.81. The van der Waals surface area contributed by atoms with Gasteiger partial charge in [0.1, 0.15) is 23.2 Å². The molecule has 0 spiro atoms. The van der Waals surface area contributed by atoms with Gasteiger partial charge in [-0.15, -0.1) is 0 Å². The molecule has 7 nitrogen and oxygen atoms in total. The molecule has 2 amide bonds. The lowest BCUT2D eigenvalue weighted by molar-refractivity contribution is -0.124. The number of anilines is 1. The number of aromatic nitrogens is 2. The Labute approximate surface area is 207 Å². The van der Waals surface area contributed by atoms with E-state index in [2.05, 4.69) is 20.6 Å². The molecule has 180 valence electrons. The highest BCUT2D eigenvalue weighted by molar-refractivity contribution is 6.30. The summed E-state index contributed by atoms with van der Waals surface area (Å²) < 4.78 is 14.4. The van der Waals surface area contributed by atoms with Gasteiger partial charge in [0.05, 0.1) is 5.02 Å². The monoisotopic (exact) mass is 494 g/mol.